The van der Waals surface area contributed by atoms with Crippen LogP contribution in [0.25, 0.3) is 0 Å². The van der Waals surface area contributed by atoms with Gasteiger partial charge in [-0.3, -0.25) is 4.79 Å². The lowest BCUT2D eigenvalue weighted by Gasteiger charge is -2.32. The Morgan fingerprint density at radius 2 is 2.38 bits per heavy atom. The molecule has 0 saturated carbocycles. The molecular weight excluding hydrogens is 291 g/mol. The molecular formula is C13H15BN2O4S. The standard InChI is InChI=1S/C13H15BN2O4S/c14-13(18)12-10(15-19)2-1-3-11(12)20-6-9-7-21-5-4-16(9)8-17/h1-3,8-9H,4-7,14H2. The lowest BCUT2D eigenvalue weighted by atomic mass is 9.93. The van der Waals surface area contributed by atoms with Crippen molar-refractivity contribution in [2.45, 2.75) is 6.04 Å². The summed E-state index contributed by atoms with van der Waals surface area (Å²) >= 11 is 1.76. The normalized spacial score (nSPS) is 18.1. The number of hydrogen-bond acceptors (Lipinski definition) is 6. The van der Waals surface area contributed by atoms with Crippen molar-refractivity contribution in [1.29, 1.82) is 0 Å². The van der Waals surface area contributed by atoms with Gasteiger partial charge in [0.25, 0.3) is 0 Å². The highest BCUT2D eigenvalue weighted by Gasteiger charge is 2.23. The van der Waals surface area contributed by atoms with Crippen LogP contribution in [-0.2, 0) is 4.79 Å². The number of carbonyl (C=O) groups is 2. The van der Waals surface area contributed by atoms with Gasteiger partial charge < -0.3 is 14.4 Å². The van der Waals surface area contributed by atoms with Gasteiger partial charge in [0, 0.05) is 18.1 Å². The second-order valence-electron chi connectivity index (χ2n) is 4.68. The van der Waals surface area contributed by atoms with Crippen LogP contribution in [0.1, 0.15) is 10.4 Å². The summed E-state index contributed by atoms with van der Waals surface area (Å²) in [5, 5.41) is 2.86. The van der Waals surface area contributed by atoms with E-state index in [1.54, 1.807) is 28.8 Å². The Morgan fingerprint density at radius 1 is 1.57 bits per heavy atom. The summed E-state index contributed by atoms with van der Waals surface area (Å²) in [7, 11) is 1.37. The predicted molar refractivity (Wildman–Crippen MR) is 84.1 cm³/mol. The number of nitrogens with zero attached hydrogens (tertiary/aromatic N) is 2. The first kappa shape index (κ1) is 15.6. The third-order valence-corrected chi connectivity index (χ3v) is 4.39. The Morgan fingerprint density at radius 3 is 3.05 bits per heavy atom. The van der Waals surface area contributed by atoms with E-state index in [2.05, 4.69) is 5.18 Å². The Hall–Kier alpha value is -1.83. The molecule has 6 nitrogen and oxygen atoms in total. The average molecular weight is 306 g/mol. The van der Waals surface area contributed by atoms with Crippen LogP contribution in [0.3, 0.4) is 0 Å². The number of benzene rings is 1. The van der Waals surface area contributed by atoms with E-state index in [0.29, 0.717) is 12.3 Å². The fourth-order valence-electron chi connectivity index (χ4n) is 2.21. The van der Waals surface area contributed by atoms with Crippen LogP contribution in [0.5, 0.6) is 5.75 Å². The van der Waals surface area contributed by atoms with Crippen LogP contribution in [0, 0.1) is 4.91 Å². The van der Waals surface area contributed by atoms with Gasteiger partial charge in [0.1, 0.15) is 23.7 Å². The zero-order valence-corrected chi connectivity index (χ0v) is 12.5. The molecule has 1 unspecified atom stereocenters. The van der Waals surface area contributed by atoms with Gasteiger partial charge in [-0.25, -0.2) is 0 Å². The van der Waals surface area contributed by atoms with Crippen LogP contribution >= 0.6 is 11.8 Å². The second-order valence-corrected chi connectivity index (χ2v) is 5.83. The summed E-state index contributed by atoms with van der Waals surface area (Å²) < 4.78 is 5.68. The first-order valence-corrected chi connectivity index (χ1v) is 7.71. The van der Waals surface area contributed by atoms with Gasteiger partial charge in [-0.1, -0.05) is 6.07 Å². The van der Waals surface area contributed by atoms with E-state index in [4.69, 9.17) is 4.74 Å². The highest BCUT2D eigenvalue weighted by Crippen LogP contribution is 2.29. The first-order valence-electron chi connectivity index (χ1n) is 6.56. The lowest BCUT2D eigenvalue weighted by Crippen LogP contribution is -2.44. The second kappa shape index (κ2) is 7.26. The number of amides is 1. The number of carbonyl (C=O) groups excluding carboxylic acids is 2. The van der Waals surface area contributed by atoms with E-state index in [9.17, 15) is 14.5 Å². The maximum absolute atomic E-state index is 11.7. The van der Waals surface area contributed by atoms with Crippen molar-refractivity contribution in [2.24, 2.45) is 5.18 Å². The van der Waals surface area contributed by atoms with Crippen molar-refractivity contribution in [3.63, 3.8) is 0 Å². The maximum Gasteiger partial charge on any atom is 0.210 e. The molecule has 1 heterocycles. The molecule has 0 bridgehead atoms. The zero-order valence-electron chi connectivity index (χ0n) is 11.7. The third kappa shape index (κ3) is 3.63. The molecule has 0 spiro atoms. The molecule has 0 aliphatic carbocycles. The van der Waals surface area contributed by atoms with Crippen molar-refractivity contribution in [3.05, 3.63) is 28.7 Å². The van der Waals surface area contributed by atoms with Gasteiger partial charge in [-0.05, 0) is 17.3 Å². The molecule has 1 aliphatic heterocycles. The number of hydrogen-bond donors (Lipinski definition) is 0. The molecule has 21 heavy (non-hydrogen) atoms. The molecule has 0 N–H and O–H groups in total. The fraction of sp³-hybridized carbons (Fsp3) is 0.385. The van der Waals surface area contributed by atoms with Crippen LogP contribution in [0.15, 0.2) is 23.4 Å². The molecule has 0 radical (unpaired) electrons. The smallest absolute Gasteiger partial charge is 0.210 e. The number of thioether (sulfide) groups is 1. The molecule has 1 atom stereocenters. The Labute approximate surface area is 127 Å². The number of ether oxygens (including phenoxy) is 1. The van der Waals surface area contributed by atoms with Gasteiger partial charge in [-0.15, -0.1) is 4.91 Å². The molecule has 0 aromatic heterocycles. The summed E-state index contributed by atoms with van der Waals surface area (Å²) in [5.41, 5.74) is -0.00987. The highest BCUT2D eigenvalue weighted by molar-refractivity contribution is 7.99. The molecule has 8 heteroatoms. The topological polar surface area (TPSA) is 76.0 Å². The quantitative estimate of drug-likeness (QED) is 0.442. The molecule has 1 aromatic carbocycles. The largest absolute Gasteiger partial charge is 0.491 e. The molecule has 2 rings (SSSR count). The van der Waals surface area contributed by atoms with Crippen molar-refractivity contribution >= 4 is 37.4 Å². The third-order valence-electron chi connectivity index (χ3n) is 3.29. The van der Waals surface area contributed by atoms with Gasteiger partial charge in [0.2, 0.25) is 6.41 Å². The molecule has 110 valence electrons. The molecule has 1 fully saturated rings. The monoisotopic (exact) mass is 306 g/mol. The SMILES string of the molecule is BC(=O)c1c(N=O)cccc1OCC1CSCCN1C=O. The van der Waals surface area contributed by atoms with E-state index in [-0.39, 0.29) is 29.6 Å². The van der Waals surface area contributed by atoms with Gasteiger partial charge in [0.05, 0.1) is 11.6 Å². The summed E-state index contributed by atoms with van der Waals surface area (Å²) in [6, 6.07) is 4.69. The van der Waals surface area contributed by atoms with E-state index in [1.807, 2.05) is 0 Å². The van der Waals surface area contributed by atoms with Crippen molar-refractivity contribution < 1.29 is 14.3 Å². The minimum absolute atomic E-state index is 0.0334. The van der Waals surface area contributed by atoms with Crippen LogP contribution in [-0.4, -0.2) is 55.5 Å². The van der Waals surface area contributed by atoms with Crippen LogP contribution < -0.4 is 4.74 Å². The molecule has 1 amide bonds. The fourth-order valence-corrected chi connectivity index (χ4v) is 3.27. The predicted octanol–water partition coefficient (Wildman–Crippen LogP) is 0.810. The molecule has 1 aliphatic rings. The Kier molecular flexibility index (Phi) is 5.38. The van der Waals surface area contributed by atoms with E-state index < -0.39 is 0 Å². The maximum atomic E-state index is 11.7. The summed E-state index contributed by atoms with van der Waals surface area (Å²) in [4.78, 5) is 35.1. The average Bonchev–Trinajstić information content (AvgIpc) is 2.52. The minimum atomic E-state index is -0.273. The van der Waals surface area contributed by atoms with Gasteiger partial charge in [0.15, 0.2) is 7.85 Å². The number of rotatable bonds is 6. The lowest BCUT2D eigenvalue weighted by molar-refractivity contribution is -0.120. The Bertz CT molecular complexity index is 555. The first-order chi connectivity index (χ1) is 10.2. The summed E-state index contributed by atoms with van der Waals surface area (Å²) in [5.74, 6) is 2.04. The zero-order chi connectivity index (χ0) is 15.2. The van der Waals surface area contributed by atoms with E-state index in [1.165, 1.54) is 13.9 Å². The molecule has 1 aromatic rings. The van der Waals surface area contributed by atoms with Crippen LogP contribution in [0.4, 0.5) is 5.69 Å². The molecule has 1 saturated heterocycles. The Balaban J connectivity index is 2.14. The summed E-state index contributed by atoms with van der Waals surface area (Å²) in [6.07, 6.45) is 0.822. The van der Waals surface area contributed by atoms with Crippen LogP contribution in [0.2, 0.25) is 0 Å². The van der Waals surface area contributed by atoms with Gasteiger partial charge in [-0.2, -0.15) is 11.8 Å². The van der Waals surface area contributed by atoms with Crippen molar-refractivity contribution in [3.8, 4) is 5.75 Å². The van der Waals surface area contributed by atoms with Gasteiger partial charge >= 0.3 is 0 Å². The minimum Gasteiger partial charge on any atom is -0.491 e. The summed E-state index contributed by atoms with van der Waals surface area (Å²) in [6.45, 7) is 0.978. The highest BCUT2D eigenvalue weighted by atomic mass is 32.2. The number of nitroso groups, excluding NO2 is 1. The van der Waals surface area contributed by atoms with Crippen molar-refractivity contribution in [2.75, 3.05) is 24.7 Å². The van der Waals surface area contributed by atoms with E-state index in [0.717, 1.165) is 17.9 Å². The van der Waals surface area contributed by atoms with E-state index >= 15 is 0 Å². The van der Waals surface area contributed by atoms with Crippen molar-refractivity contribution in [1.82, 2.24) is 4.90 Å².